The number of anilines is 1. The number of primary amides is 1. The van der Waals surface area contributed by atoms with E-state index in [-0.39, 0.29) is 5.13 Å². The largest absolute Gasteiger partial charge is 0.370 e. The van der Waals surface area contributed by atoms with E-state index < -0.39 is 39.5 Å². The zero-order valence-corrected chi connectivity index (χ0v) is 11.6. The second kappa shape index (κ2) is 6.29. The summed E-state index contributed by atoms with van der Waals surface area (Å²) in [7, 11) is -4.42. The van der Waals surface area contributed by atoms with Crippen LogP contribution in [0.15, 0.2) is 16.0 Å². The Labute approximate surface area is 118 Å². The van der Waals surface area contributed by atoms with Crippen molar-refractivity contribution >= 4 is 44.3 Å². The number of sulfonamides is 1. The van der Waals surface area contributed by atoms with Gasteiger partial charge in [-0.25, -0.2) is 13.4 Å². The monoisotopic (exact) mass is 320 g/mol. The summed E-state index contributed by atoms with van der Waals surface area (Å²) in [6.45, 7) is 0. The van der Waals surface area contributed by atoms with E-state index in [1.165, 1.54) is 6.20 Å². The number of nitrogens with one attached hydrogen (secondary N) is 1. The number of carbonyl (C=O) groups is 2. The van der Waals surface area contributed by atoms with E-state index in [1.807, 2.05) is 0 Å². The molecule has 20 heavy (non-hydrogen) atoms. The highest BCUT2D eigenvalue weighted by Gasteiger charge is 2.34. The smallest absolute Gasteiger partial charge is 0.268 e. The molecule has 12 heteroatoms. The molecule has 1 heterocycles. The molecule has 7 N–H and O–H groups in total. The van der Waals surface area contributed by atoms with Gasteiger partial charge in [-0.15, -0.1) is 15.7 Å². The van der Waals surface area contributed by atoms with Gasteiger partial charge in [0.15, 0.2) is 10.4 Å². The Morgan fingerprint density at radius 1 is 1.40 bits per heavy atom. The van der Waals surface area contributed by atoms with Gasteiger partial charge in [0, 0.05) is 11.6 Å². The molecule has 1 aromatic heterocycles. The Morgan fingerprint density at radius 3 is 2.50 bits per heavy atom. The van der Waals surface area contributed by atoms with Crippen LogP contribution in [-0.4, -0.2) is 36.4 Å². The van der Waals surface area contributed by atoms with Gasteiger partial charge in [0.2, 0.25) is 17.8 Å². The second-order valence-electron chi connectivity index (χ2n) is 3.52. The van der Waals surface area contributed by atoms with E-state index in [1.54, 1.807) is 5.38 Å². The van der Waals surface area contributed by atoms with Gasteiger partial charge in [-0.1, -0.05) is 0 Å². The topological polar surface area (TPSA) is 184 Å². The van der Waals surface area contributed by atoms with Gasteiger partial charge < -0.3 is 22.5 Å². The van der Waals surface area contributed by atoms with Crippen LogP contribution in [0.4, 0.5) is 5.13 Å². The maximum atomic E-state index is 11.9. The fourth-order valence-electron chi connectivity index (χ4n) is 1.20. The van der Waals surface area contributed by atoms with Crippen molar-refractivity contribution < 1.29 is 18.0 Å². The minimum atomic E-state index is -4.42. The fraction of sp³-hybridized carbons (Fsp3) is 0.250. The first-order chi connectivity index (χ1) is 9.22. The Morgan fingerprint density at radius 2 is 2.05 bits per heavy atom. The third-order valence-corrected chi connectivity index (χ3v) is 4.19. The minimum Gasteiger partial charge on any atom is -0.370 e. The predicted octanol–water partition coefficient (Wildman–Crippen LogP) is -2.07. The highest BCUT2D eigenvalue weighted by atomic mass is 32.2. The number of rotatable bonds is 6. The summed E-state index contributed by atoms with van der Waals surface area (Å²) in [5.41, 5.74) is 14.9. The number of nitrogens with two attached hydrogens (primary N) is 3. The highest BCUT2D eigenvalue weighted by Crippen LogP contribution is 2.15. The standard InChI is InChI=1S/C8H12N6O4S2/c9-5(15)3-4(20(17,18)14-7(10)11)6(16)13-8-12-1-2-19-8/h1-2,4H,3H2,(H2,9,15)(H4,10,11,14)(H,12,13,16). The third-order valence-electron chi connectivity index (χ3n) is 1.93. The molecule has 0 saturated carbocycles. The lowest BCUT2D eigenvalue weighted by molar-refractivity contribution is -0.122. The lowest BCUT2D eigenvalue weighted by Crippen LogP contribution is -2.39. The summed E-state index contributed by atoms with van der Waals surface area (Å²) in [6, 6.07) is 0. The number of amides is 2. The first-order valence-corrected chi connectivity index (χ1v) is 7.44. The summed E-state index contributed by atoms with van der Waals surface area (Å²) < 4.78 is 26.6. The molecule has 0 radical (unpaired) electrons. The number of hydrogen-bond donors (Lipinski definition) is 4. The van der Waals surface area contributed by atoms with E-state index in [9.17, 15) is 18.0 Å². The molecule has 1 unspecified atom stereocenters. The number of carbonyl (C=O) groups excluding carboxylic acids is 2. The quantitative estimate of drug-likeness (QED) is 0.342. The van der Waals surface area contributed by atoms with Crippen LogP contribution in [0.5, 0.6) is 0 Å². The maximum Gasteiger partial charge on any atom is 0.268 e. The molecule has 0 aliphatic heterocycles. The van der Waals surface area contributed by atoms with Gasteiger partial charge in [0.05, 0.1) is 6.42 Å². The Hall–Kier alpha value is -2.21. The zero-order chi connectivity index (χ0) is 15.3. The van der Waals surface area contributed by atoms with Crippen molar-refractivity contribution in [2.75, 3.05) is 5.32 Å². The molecule has 1 rings (SSSR count). The first kappa shape index (κ1) is 15.8. The SMILES string of the molecule is NC(=O)CC(C(=O)Nc1nccs1)S(=O)(=O)N=C(N)N. The molecule has 10 nitrogen and oxygen atoms in total. The van der Waals surface area contributed by atoms with Gasteiger partial charge >= 0.3 is 0 Å². The summed E-state index contributed by atoms with van der Waals surface area (Å²) in [5.74, 6) is -2.73. The van der Waals surface area contributed by atoms with Crippen molar-refractivity contribution in [1.29, 1.82) is 0 Å². The molecular formula is C8H12N6O4S2. The third kappa shape index (κ3) is 4.47. The van der Waals surface area contributed by atoms with Gasteiger partial charge in [-0.3, -0.25) is 9.59 Å². The van der Waals surface area contributed by atoms with Crippen LogP contribution in [0.3, 0.4) is 0 Å². The van der Waals surface area contributed by atoms with E-state index in [4.69, 9.17) is 17.2 Å². The van der Waals surface area contributed by atoms with Gasteiger partial charge in [0.1, 0.15) is 0 Å². The molecule has 0 aliphatic rings. The summed E-state index contributed by atoms with van der Waals surface area (Å²) in [4.78, 5) is 26.5. The Balaban J connectivity index is 3.03. The second-order valence-corrected chi connectivity index (χ2v) is 6.19. The van der Waals surface area contributed by atoms with Gasteiger partial charge in [-0.05, 0) is 0 Å². The van der Waals surface area contributed by atoms with Crippen molar-refractivity contribution in [3.8, 4) is 0 Å². The number of hydrogen-bond acceptors (Lipinski definition) is 6. The molecule has 0 saturated heterocycles. The Kier molecular flexibility index (Phi) is 4.99. The van der Waals surface area contributed by atoms with Crippen LogP contribution in [-0.2, 0) is 19.6 Å². The van der Waals surface area contributed by atoms with Crippen molar-refractivity contribution in [2.45, 2.75) is 11.7 Å². The average Bonchev–Trinajstić information content (AvgIpc) is 2.76. The molecule has 2 amide bonds. The summed E-state index contributed by atoms with van der Waals surface area (Å²) >= 11 is 1.07. The number of guanidine groups is 1. The highest BCUT2D eigenvalue weighted by molar-refractivity contribution is 7.91. The lowest BCUT2D eigenvalue weighted by Gasteiger charge is -2.12. The number of thiazole rings is 1. The molecule has 1 aromatic rings. The maximum absolute atomic E-state index is 11.9. The van der Waals surface area contributed by atoms with E-state index in [0.29, 0.717) is 0 Å². The molecule has 0 bridgehead atoms. The zero-order valence-electron chi connectivity index (χ0n) is 10.0. The van der Waals surface area contributed by atoms with Crippen molar-refractivity contribution in [3.63, 3.8) is 0 Å². The predicted molar refractivity (Wildman–Crippen MR) is 73.1 cm³/mol. The molecule has 0 spiro atoms. The molecule has 1 atom stereocenters. The van der Waals surface area contributed by atoms with Crippen molar-refractivity contribution in [3.05, 3.63) is 11.6 Å². The summed E-state index contributed by atoms with van der Waals surface area (Å²) in [6.07, 6.45) is 0.657. The minimum absolute atomic E-state index is 0.171. The van der Waals surface area contributed by atoms with Crippen LogP contribution >= 0.6 is 11.3 Å². The average molecular weight is 320 g/mol. The van der Waals surface area contributed by atoms with E-state index in [2.05, 4.69) is 14.7 Å². The van der Waals surface area contributed by atoms with Gasteiger partial charge in [0.25, 0.3) is 10.0 Å². The van der Waals surface area contributed by atoms with Crippen LogP contribution in [0.25, 0.3) is 0 Å². The Bertz CT molecular complexity index is 619. The molecule has 110 valence electrons. The van der Waals surface area contributed by atoms with Crippen molar-refractivity contribution in [2.24, 2.45) is 21.6 Å². The molecule has 0 fully saturated rings. The summed E-state index contributed by atoms with van der Waals surface area (Å²) in [5, 5.41) is 2.15. The molecule has 0 aromatic carbocycles. The number of aromatic nitrogens is 1. The van der Waals surface area contributed by atoms with Crippen LogP contribution in [0, 0.1) is 0 Å². The fourth-order valence-corrected chi connectivity index (χ4v) is 2.85. The van der Waals surface area contributed by atoms with Crippen LogP contribution < -0.4 is 22.5 Å². The van der Waals surface area contributed by atoms with E-state index >= 15 is 0 Å². The van der Waals surface area contributed by atoms with Crippen LogP contribution in [0.1, 0.15) is 6.42 Å². The van der Waals surface area contributed by atoms with Crippen molar-refractivity contribution in [1.82, 2.24) is 4.98 Å². The van der Waals surface area contributed by atoms with Crippen LogP contribution in [0.2, 0.25) is 0 Å². The first-order valence-electron chi connectivity index (χ1n) is 5.05. The lowest BCUT2D eigenvalue weighted by atomic mass is 10.3. The molecular weight excluding hydrogens is 308 g/mol. The van der Waals surface area contributed by atoms with Gasteiger partial charge in [-0.2, -0.15) is 0 Å². The number of nitrogens with zero attached hydrogens (tertiary/aromatic N) is 2. The van der Waals surface area contributed by atoms with E-state index in [0.717, 1.165) is 11.3 Å². The normalized spacial score (nSPS) is 12.4. The molecule has 0 aliphatic carbocycles.